The third-order valence-corrected chi connectivity index (χ3v) is 4.23. The van der Waals surface area contributed by atoms with E-state index in [1.54, 1.807) is 42.6 Å². The van der Waals surface area contributed by atoms with Gasteiger partial charge in [-0.25, -0.2) is 9.78 Å². The monoisotopic (exact) mass is 375 g/mol. The number of carbonyl (C=O) groups excluding carboxylic acids is 2. The summed E-state index contributed by atoms with van der Waals surface area (Å²) in [6, 6.07) is 16.0. The molecular weight excluding hydrogens is 354 g/mol. The lowest BCUT2D eigenvalue weighted by Crippen LogP contribution is -2.13. The Balaban J connectivity index is 1.72. The molecule has 142 valence electrons. The fraction of sp³-hybridized carbons (Fsp3) is 0.136. The van der Waals surface area contributed by atoms with E-state index in [1.807, 2.05) is 32.0 Å². The highest BCUT2D eigenvalue weighted by molar-refractivity contribution is 6.05. The second-order valence-electron chi connectivity index (χ2n) is 6.40. The molecule has 0 aliphatic heterocycles. The second kappa shape index (κ2) is 8.35. The molecule has 1 aromatic heterocycles. The van der Waals surface area contributed by atoms with Crippen molar-refractivity contribution in [3.63, 3.8) is 0 Å². The molecule has 0 bridgehead atoms. The number of esters is 1. The average Bonchev–Trinajstić information content (AvgIpc) is 2.70. The molecule has 28 heavy (non-hydrogen) atoms. The summed E-state index contributed by atoms with van der Waals surface area (Å²) in [4.78, 5) is 28.3. The molecule has 1 heterocycles. The number of amides is 1. The standard InChI is InChI=1S/C22H21N3O3/c1-14-4-9-19(15(2)12-14)25-21(26)17-10-11-23-20(13-17)24-18-7-5-16(6-8-18)22(27)28-3/h4-13H,1-3H3,(H,23,24)(H,25,26). The van der Waals surface area contributed by atoms with Crippen molar-refractivity contribution < 1.29 is 14.3 Å². The topological polar surface area (TPSA) is 80.3 Å². The number of rotatable bonds is 5. The molecule has 0 saturated carbocycles. The number of aryl methyl sites for hydroxylation is 2. The first-order valence-corrected chi connectivity index (χ1v) is 8.76. The average molecular weight is 375 g/mol. The van der Waals surface area contributed by atoms with Crippen LogP contribution < -0.4 is 10.6 Å². The van der Waals surface area contributed by atoms with Gasteiger partial charge in [-0.15, -0.1) is 0 Å². The molecule has 6 heteroatoms. The minimum atomic E-state index is -0.394. The molecule has 0 saturated heterocycles. The van der Waals surface area contributed by atoms with Gasteiger partial charge in [0.1, 0.15) is 5.82 Å². The van der Waals surface area contributed by atoms with E-state index in [1.165, 1.54) is 7.11 Å². The highest BCUT2D eigenvalue weighted by atomic mass is 16.5. The van der Waals surface area contributed by atoms with Crippen LogP contribution >= 0.6 is 0 Å². The van der Waals surface area contributed by atoms with Crippen LogP contribution in [0.2, 0.25) is 0 Å². The van der Waals surface area contributed by atoms with Crippen LogP contribution in [0.3, 0.4) is 0 Å². The lowest BCUT2D eigenvalue weighted by atomic mass is 10.1. The lowest BCUT2D eigenvalue weighted by molar-refractivity contribution is 0.0600. The van der Waals surface area contributed by atoms with Gasteiger partial charge in [0.25, 0.3) is 5.91 Å². The molecule has 0 spiro atoms. The van der Waals surface area contributed by atoms with Crippen LogP contribution in [0.5, 0.6) is 0 Å². The summed E-state index contributed by atoms with van der Waals surface area (Å²) in [5.41, 5.74) is 4.62. The number of pyridine rings is 1. The van der Waals surface area contributed by atoms with E-state index in [4.69, 9.17) is 0 Å². The Kier molecular flexibility index (Phi) is 5.69. The maximum Gasteiger partial charge on any atom is 0.337 e. The van der Waals surface area contributed by atoms with Gasteiger partial charge in [0.2, 0.25) is 0 Å². The van der Waals surface area contributed by atoms with E-state index in [0.717, 1.165) is 22.5 Å². The summed E-state index contributed by atoms with van der Waals surface area (Å²) in [5.74, 6) is -0.0766. The Hall–Kier alpha value is -3.67. The lowest BCUT2D eigenvalue weighted by Gasteiger charge is -2.11. The second-order valence-corrected chi connectivity index (χ2v) is 6.40. The van der Waals surface area contributed by atoms with Crippen molar-refractivity contribution in [1.29, 1.82) is 0 Å². The van der Waals surface area contributed by atoms with E-state index in [-0.39, 0.29) is 5.91 Å². The molecule has 3 rings (SSSR count). The predicted octanol–water partition coefficient (Wildman–Crippen LogP) is 4.48. The molecule has 3 aromatic rings. The minimum absolute atomic E-state index is 0.210. The molecule has 2 aromatic carbocycles. The molecule has 0 aliphatic carbocycles. The third kappa shape index (κ3) is 4.54. The minimum Gasteiger partial charge on any atom is -0.465 e. The Morgan fingerprint density at radius 3 is 2.36 bits per heavy atom. The maximum absolute atomic E-state index is 12.6. The Morgan fingerprint density at radius 1 is 0.929 bits per heavy atom. The molecule has 2 N–H and O–H groups in total. The molecule has 0 radical (unpaired) electrons. The smallest absolute Gasteiger partial charge is 0.337 e. The Morgan fingerprint density at radius 2 is 1.68 bits per heavy atom. The van der Waals surface area contributed by atoms with Crippen LogP contribution in [0.1, 0.15) is 31.8 Å². The molecule has 0 unspecified atom stereocenters. The maximum atomic E-state index is 12.6. The van der Waals surface area contributed by atoms with Gasteiger partial charge in [0.15, 0.2) is 0 Å². The summed E-state index contributed by atoms with van der Waals surface area (Å²) < 4.78 is 4.68. The van der Waals surface area contributed by atoms with Gasteiger partial charge in [-0.2, -0.15) is 0 Å². The van der Waals surface area contributed by atoms with Crippen molar-refractivity contribution in [3.8, 4) is 0 Å². The highest BCUT2D eigenvalue weighted by Crippen LogP contribution is 2.19. The zero-order valence-electron chi connectivity index (χ0n) is 15.9. The molecule has 0 atom stereocenters. The van der Waals surface area contributed by atoms with Crippen molar-refractivity contribution in [2.45, 2.75) is 13.8 Å². The Labute approximate surface area is 163 Å². The number of benzene rings is 2. The molecular formula is C22H21N3O3. The van der Waals surface area contributed by atoms with Gasteiger partial charge in [-0.1, -0.05) is 17.7 Å². The quantitative estimate of drug-likeness (QED) is 0.643. The SMILES string of the molecule is COC(=O)c1ccc(Nc2cc(C(=O)Nc3ccc(C)cc3C)ccn2)cc1. The largest absolute Gasteiger partial charge is 0.465 e. The van der Waals surface area contributed by atoms with Crippen molar-refractivity contribution in [2.24, 2.45) is 0 Å². The van der Waals surface area contributed by atoms with E-state index >= 15 is 0 Å². The van der Waals surface area contributed by atoms with Gasteiger partial charge in [0.05, 0.1) is 12.7 Å². The van der Waals surface area contributed by atoms with Crippen LogP contribution in [0, 0.1) is 13.8 Å². The van der Waals surface area contributed by atoms with Crippen LogP contribution in [-0.4, -0.2) is 24.0 Å². The van der Waals surface area contributed by atoms with Crippen LogP contribution in [0.4, 0.5) is 17.2 Å². The van der Waals surface area contributed by atoms with Gasteiger partial charge >= 0.3 is 5.97 Å². The van der Waals surface area contributed by atoms with Gasteiger partial charge in [-0.05, 0) is 61.9 Å². The summed E-state index contributed by atoms with van der Waals surface area (Å²) in [7, 11) is 1.34. The fourth-order valence-electron chi connectivity index (χ4n) is 2.74. The van der Waals surface area contributed by atoms with Crippen molar-refractivity contribution >= 4 is 29.1 Å². The van der Waals surface area contributed by atoms with E-state index in [0.29, 0.717) is 16.9 Å². The number of hydrogen-bond acceptors (Lipinski definition) is 5. The highest BCUT2D eigenvalue weighted by Gasteiger charge is 2.10. The molecule has 0 aliphatic rings. The first-order valence-electron chi connectivity index (χ1n) is 8.76. The van der Waals surface area contributed by atoms with Crippen molar-refractivity contribution in [1.82, 2.24) is 4.98 Å². The zero-order chi connectivity index (χ0) is 20.1. The van der Waals surface area contributed by atoms with E-state index < -0.39 is 5.97 Å². The summed E-state index contributed by atoms with van der Waals surface area (Å²) >= 11 is 0. The third-order valence-electron chi connectivity index (χ3n) is 4.23. The van der Waals surface area contributed by atoms with Gasteiger partial charge in [-0.3, -0.25) is 4.79 Å². The zero-order valence-corrected chi connectivity index (χ0v) is 15.9. The fourth-order valence-corrected chi connectivity index (χ4v) is 2.74. The van der Waals surface area contributed by atoms with Crippen molar-refractivity contribution in [2.75, 3.05) is 17.7 Å². The van der Waals surface area contributed by atoms with Crippen LogP contribution in [0.15, 0.2) is 60.8 Å². The van der Waals surface area contributed by atoms with Crippen LogP contribution in [-0.2, 0) is 4.74 Å². The van der Waals surface area contributed by atoms with Gasteiger partial charge in [0, 0.05) is 23.1 Å². The number of nitrogens with zero attached hydrogens (tertiary/aromatic N) is 1. The normalized spacial score (nSPS) is 10.2. The summed E-state index contributed by atoms with van der Waals surface area (Å²) in [6.07, 6.45) is 1.57. The molecule has 1 amide bonds. The number of nitrogens with one attached hydrogen (secondary N) is 2. The van der Waals surface area contributed by atoms with E-state index in [2.05, 4.69) is 20.4 Å². The first-order chi connectivity index (χ1) is 13.5. The first kappa shape index (κ1) is 19.1. The predicted molar refractivity (Wildman–Crippen MR) is 109 cm³/mol. The van der Waals surface area contributed by atoms with Gasteiger partial charge < -0.3 is 15.4 Å². The van der Waals surface area contributed by atoms with E-state index in [9.17, 15) is 9.59 Å². The van der Waals surface area contributed by atoms with Crippen LogP contribution in [0.25, 0.3) is 0 Å². The molecule has 6 nitrogen and oxygen atoms in total. The Bertz CT molecular complexity index is 1010. The number of methoxy groups -OCH3 is 1. The number of carbonyl (C=O) groups is 2. The molecule has 0 fully saturated rings. The number of ether oxygens (including phenoxy) is 1. The number of aromatic nitrogens is 1. The summed E-state index contributed by atoms with van der Waals surface area (Å²) in [5, 5.41) is 6.05. The number of hydrogen-bond donors (Lipinski definition) is 2. The van der Waals surface area contributed by atoms with Crippen molar-refractivity contribution in [3.05, 3.63) is 83.0 Å². The number of anilines is 3. The summed E-state index contributed by atoms with van der Waals surface area (Å²) in [6.45, 7) is 3.97.